The van der Waals surface area contributed by atoms with Gasteiger partial charge in [0.15, 0.2) is 0 Å². The number of aromatic nitrogens is 2. The van der Waals surface area contributed by atoms with E-state index in [9.17, 15) is 4.79 Å². The third-order valence-corrected chi connectivity index (χ3v) is 4.83. The number of rotatable bonds is 3. The number of likely N-dealkylation sites (N-methyl/N-ethyl adjacent to an activating group) is 1. The van der Waals surface area contributed by atoms with Crippen LogP contribution in [0.5, 0.6) is 0 Å². The normalized spacial score (nSPS) is 20.0. The quantitative estimate of drug-likeness (QED) is 0.798. The van der Waals surface area contributed by atoms with Crippen LogP contribution in [-0.4, -0.2) is 84.6 Å². The van der Waals surface area contributed by atoms with E-state index < -0.39 is 0 Å². The van der Waals surface area contributed by atoms with Gasteiger partial charge in [-0.1, -0.05) is 6.92 Å². The maximum absolute atomic E-state index is 11.4. The van der Waals surface area contributed by atoms with Crippen LogP contribution in [0.4, 0.5) is 11.6 Å². The van der Waals surface area contributed by atoms with E-state index >= 15 is 0 Å². The van der Waals surface area contributed by atoms with Crippen molar-refractivity contribution in [2.24, 2.45) is 0 Å². The summed E-state index contributed by atoms with van der Waals surface area (Å²) < 4.78 is 0. The number of nitrogens with zero attached hydrogens (tertiary/aromatic N) is 6. The highest BCUT2D eigenvalue weighted by atomic mass is 16.2. The largest absolute Gasteiger partial charge is 0.354 e. The van der Waals surface area contributed by atoms with Crippen LogP contribution >= 0.6 is 0 Å². The van der Waals surface area contributed by atoms with Crippen molar-refractivity contribution in [1.82, 2.24) is 19.8 Å². The number of hydrogen-bond acceptors (Lipinski definition) is 6. The molecule has 0 aliphatic carbocycles. The van der Waals surface area contributed by atoms with Crippen LogP contribution in [0, 0.1) is 0 Å². The monoisotopic (exact) mass is 318 g/mol. The van der Waals surface area contributed by atoms with Gasteiger partial charge in [-0.2, -0.15) is 0 Å². The van der Waals surface area contributed by atoms with Gasteiger partial charge in [0.2, 0.25) is 5.91 Å². The van der Waals surface area contributed by atoms with Crippen molar-refractivity contribution >= 4 is 17.5 Å². The van der Waals surface area contributed by atoms with Gasteiger partial charge in [-0.3, -0.25) is 4.79 Å². The van der Waals surface area contributed by atoms with Crippen molar-refractivity contribution < 1.29 is 4.79 Å². The molecule has 0 saturated carbocycles. The first kappa shape index (κ1) is 16.0. The molecule has 1 aromatic heterocycles. The summed E-state index contributed by atoms with van der Waals surface area (Å²) in [7, 11) is 0. The summed E-state index contributed by atoms with van der Waals surface area (Å²) >= 11 is 0. The molecule has 2 aliphatic heterocycles. The number of hydrogen-bond donors (Lipinski definition) is 0. The molecule has 3 heterocycles. The molecule has 0 spiro atoms. The molecule has 0 radical (unpaired) electrons. The van der Waals surface area contributed by atoms with Crippen LogP contribution in [0.15, 0.2) is 12.4 Å². The van der Waals surface area contributed by atoms with Gasteiger partial charge in [0.1, 0.15) is 18.0 Å². The molecule has 2 fully saturated rings. The average Bonchev–Trinajstić information content (AvgIpc) is 2.62. The van der Waals surface area contributed by atoms with Gasteiger partial charge in [-0.05, 0) is 6.54 Å². The molecule has 0 N–H and O–H groups in total. The zero-order valence-corrected chi connectivity index (χ0v) is 14.1. The Kier molecular flexibility index (Phi) is 4.95. The van der Waals surface area contributed by atoms with Crippen molar-refractivity contribution in [2.75, 3.05) is 68.7 Å². The van der Waals surface area contributed by atoms with Gasteiger partial charge < -0.3 is 19.6 Å². The van der Waals surface area contributed by atoms with E-state index in [0.717, 1.165) is 70.5 Å². The first-order valence-electron chi connectivity index (χ1n) is 8.47. The lowest BCUT2D eigenvalue weighted by atomic mass is 10.3. The Labute approximate surface area is 137 Å². The Morgan fingerprint density at radius 1 is 0.957 bits per heavy atom. The van der Waals surface area contributed by atoms with E-state index in [1.54, 1.807) is 13.3 Å². The predicted octanol–water partition coefficient (Wildman–Crippen LogP) is 0.287. The van der Waals surface area contributed by atoms with Crippen molar-refractivity contribution in [3.63, 3.8) is 0 Å². The molecule has 3 rings (SSSR count). The summed E-state index contributed by atoms with van der Waals surface area (Å²) in [5.74, 6) is 2.14. The second-order valence-electron chi connectivity index (χ2n) is 6.15. The van der Waals surface area contributed by atoms with E-state index in [-0.39, 0.29) is 5.91 Å². The minimum Gasteiger partial charge on any atom is -0.354 e. The molecule has 0 aromatic carbocycles. The summed E-state index contributed by atoms with van der Waals surface area (Å²) in [4.78, 5) is 29.2. The SMILES string of the molecule is CCN1CCN(c2cc(N3CCN(C(C)=O)CC3)ncn2)CC1. The van der Waals surface area contributed by atoms with E-state index in [0.29, 0.717) is 0 Å². The summed E-state index contributed by atoms with van der Waals surface area (Å²) in [6.45, 7) is 12.4. The Morgan fingerprint density at radius 3 is 1.96 bits per heavy atom. The molecule has 1 aromatic rings. The smallest absolute Gasteiger partial charge is 0.219 e. The summed E-state index contributed by atoms with van der Waals surface area (Å²) in [6, 6.07) is 2.09. The standard InChI is InChI=1S/C16H26N6O/c1-3-19-4-6-21(7-5-19)15-12-16(18-13-17-15)22-10-8-20(9-11-22)14(2)23/h12-13H,3-11H2,1-2H3. The maximum Gasteiger partial charge on any atom is 0.219 e. The lowest BCUT2D eigenvalue weighted by molar-refractivity contribution is -0.129. The van der Waals surface area contributed by atoms with Crippen LogP contribution in [0.3, 0.4) is 0 Å². The van der Waals surface area contributed by atoms with Crippen LogP contribution in [0.25, 0.3) is 0 Å². The number of carbonyl (C=O) groups excluding carboxylic acids is 1. The molecule has 0 unspecified atom stereocenters. The van der Waals surface area contributed by atoms with Crippen LogP contribution < -0.4 is 9.80 Å². The molecule has 7 heteroatoms. The Hall–Kier alpha value is -1.89. The van der Waals surface area contributed by atoms with Crippen LogP contribution in [0.2, 0.25) is 0 Å². The maximum atomic E-state index is 11.4. The molecule has 7 nitrogen and oxygen atoms in total. The van der Waals surface area contributed by atoms with Crippen molar-refractivity contribution in [2.45, 2.75) is 13.8 Å². The highest BCUT2D eigenvalue weighted by Gasteiger charge is 2.21. The van der Waals surface area contributed by atoms with Gasteiger partial charge in [-0.25, -0.2) is 9.97 Å². The van der Waals surface area contributed by atoms with Gasteiger partial charge in [0.05, 0.1) is 0 Å². The fourth-order valence-electron chi connectivity index (χ4n) is 3.23. The highest BCUT2D eigenvalue weighted by molar-refractivity contribution is 5.73. The molecule has 2 saturated heterocycles. The van der Waals surface area contributed by atoms with Gasteiger partial charge >= 0.3 is 0 Å². The van der Waals surface area contributed by atoms with Crippen LogP contribution in [-0.2, 0) is 4.79 Å². The zero-order chi connectivity index (χ0) is 16.2. The number of amides is 1. The molecule has 0 bridgehead atoms. The molecular formula is C16H26N6O. The fraction of sp³-hybridized carbons (Fsp3) is 0.688. The van der Waals surface area contributed by atoms with Gasteiger partial charge in [-0.15, -0.1) is 0 Å². The number of carbonyl (C=O) groups is 1. The Balaban J connectivity index is 1.63. The first-order chi connectivity index (χ1) is 11.2. The summed E-state index contributed by atoms with van der Waals surface area (Å²) in [5.41, 5.74) is 0. The fourth-order valence-corrected chi connectivity index (χ4v) is 3.23. The second-order valence-corrected chi connectivity index (χ2v) is 6.15. The highest BCUT2D eigenvalue weighted by Crippen LogP contribution is 2.20. The summed E-state index contributed by atoms with van der Waals surface area (Å²) in [6.07, 6.45) is 1.66. The first-order valence-corrected chi connectivity index (χ1v) is 8.47. The molecule has 0 atom stereocenters. The second kappa shape index (κ2) is 7.12. The Bertz CT molecular complexity index is 535. The number of piperazine rings is 2. The third-order valence-electron chi connectivity index (χ3n) is 4.83. The van der Waals surface area contributed by atoms with Crippen LogP contribution in [0.1, 0.15) is 13.8 Å². The molecule has 1 amide bonds. The van der Waals surface area contributed by atoms with Gasteiger partial charge in [0, 0.05) is 65.3 Å². The molecular weight excluding hydrogens is 292 g/mol. The Morgan fingerprint density at radius 2 is 1.48 bits per heavy atom. The summed E-state index contributed by atoms with van der Waals surface area (Å²) in [5, 5.41) is 0. The molecule has 126 valence electrons. The van der Waals surface area contributed by atoms with Crippen molar-refractivity contribution in [3.8, 4) is 0 Å². The number of anilines is 2. The van der Waals surface area contributed by atoms with E-state index in [2.05, 4.69) is 37.7 Å². The zero-order valence-electron chi connectivity index (χ0n) is 14.1. The minimum absolute atomic E-state index is 0.154. The lowest BCUT2D eigenvalue weighted by Crippen LogP contribution is -2.48. The topological polar surface area (TPSA) is 55.8 Å². The molecule has 2 aliphatic rings. The van der Waals surface area contributed by atoms with E-state index in [1.165, 1.54) is 0 Å². The van der Waals surface area contributed by atoms with Gasteiger partial charge in [0.25, 0.3) is 0 Å². The van der Waals surface area contributed by atoms with E-state index in [1.807, 2.05) is 4.90 Å². The predicted molar refractivity (Wildman–Crippen MR) is 90.8 cm³/mol. The third kappa shape index (κ3) is 3.72. The lowest BCUT2D eigenvalue weighted by Gasteiger charge is -2.36. The average molecular weight is 318 g/mol. The van der Waals surface area contributed by atoms with Crippen molar-refractivity contribution in [1.29, 1.82) is 0 Å². The van der Waals surface area contributed by atoms with Crippen molar-refractivity contribution in [3.05, 3.63) is 12.4 Å². The minimum atomic E-state index is 0.154. The molecule has 23 heavy (non-hydrogen) atoms. The van der Waals surface area contributed by atoms with E-state index in [4.69, 9.17) is 0 Å².